The number of halogens is 1. The molecule has 0 bridgehead atoms. The zero-order chi connectivity index (χ0) is 14.7. The molecule has 0 aliphatic rings. The number of benzene rings is 2. The summed E-state index contributed by atoms with van der Waals surface area (Å²) in [5.74, 6) is -0.0462. The summed E-state index contributed by atoms with van der Waals surface area (Å²) in [5.41, 5.74) is 2.33. The lowest BCUT2D eigenvalue weighted by molar-refractivity contribution is 0.104. The third-order valence-corrected chi connectivity index (χ3v) is 3.94. The van der Waals surface area contributed by atoms with Gasteiger partial charge in [0.15, 0.2) is 5.78 Å². The molecule has 0 fully saturated rings. The number of para-hydroxylation sites is 1. The van der Waals surface area contributed by atoms with Crippen molar-refractivity contribution in [1.82, 2.24) is 4.98 Å². The fourth-order valence-electron chi connectivity index (χ4n) is 2.17. The Bertz CT molecular complexity index is 834. The van der Waals surface area contributed by atoms with E-state index in [1.54, 1.807) is 12.3 Å². The van der Waals surface area contributed by atoms with Crippen LogP contribution in [0.5, 0.6) is 0 Å². The van der Waals surface area contributed by atoms with Crippen molar-refractivity contribution in [2.45, 2.75) is 0 Å². The van der Waals surface area contributed by atoms with Crippen LogP contribution in [-0.2, 0) is 0 Å². The minimum absolute atomic E-state index is 0.0462. The number of aromatic nitrogens is 1. The Hall–Kier alpha value is -2.26. The molecule has 102 valence electrons. The third kappa shape index (κ3) is 2.93. The number of hydrogen-bond donors (Lipinski definition) is 0. The first kappa shape index (κ1) is 13.7. The molecule has 21 heavy (non-hydrogen) atoms. The monoisotopic (exact) mass is 337 g/mol. The summed E-state index contributed by atoms with van der Waals surface area (Å²) in [6.45, 7) is 0. The molecule has 2 aromatic carbocycles. The van der Waals surface area contributed by atoms with E-state index in [1.807, 2.05) is 60.7 Å². The van der Waals surface area contributed by atoms with Crippen LogP contribution in [0, 0.1) is 0 Å². The van der Waals surface area contributed by atoms with Crippen molar-refractivity contribution in [2.24, 2.45) is 0 Å². The van der Waals surface area contributed by atoms with E-state index in [1.165, 1.54) is 0 Å². The maximum atomic E-state index is 12.4. The molecule has 0 spiro atoms. The number of hydrogen-bond acceptors (Lipinski definition) is 2. The molecule has 0 amide bonds. The van der Waals surface area contributed by atoms with E-state index in [0.717, 1.165) is 20.9 Å². The predicted octanol–water partition coefficient (Wildman–Crippen LogP) is 4.89. The quantitative estimate of drug-likeness (QED) is 0.503. The van der Waals surface area contributed by atoms with Crippen LogP contribution in [0.4, 0.5) is 0 Å². The molecule has 2 nitrogen and oxygen atoms in total. The molecule has 0 aliphatic carbocycles. The maximum Gasteiger partial charge on any atom is 0.188 e. The Morgan fingerprint density at radius 1 is 1.00 bits per heavy atom. The molecule has 3 aromatic rings. The van der Waals surface area contributed by atoms with Gasteiger partial charge >= 0.3 is 0 Å². The average molecular weight is 338 g/mol. The van der Waals surface area contributed by atoms with Crippen LogP contribution in [0.25, 0.3) is 17.0 Å². The van der Waals surface area contributed by atoms with Crippen LogP contribution < -0.4 is 0 Å². The van der Waals surface area contributed by atoms with Gasteiger partial charge in [0, 0.05) is 21.6 Å². The topological polar surface area (TPSA) is 30.0 Å². The average Bonchev–Trinajstić information content (AvgIpc) is 2.53. The van der Waals surface area contributed by atoms with Crippen LogP contribution in [0.1, 0.15) is 15.9 Å². The SMILES string of the molecule is O=C(/C=C/c1ccccc1Br)c1cccc2cccnc12. The summed E-state index contributed by atoms with van der Waals surface area (Å²) in [5, 5.41) is 0.970. The molecule has 3 rings (SSSR count). The van der Waals surface area contributed by atoms with Crippen molar-refractivity contribution >= 4 is 38.7 Å². The molecule has 3 heteroatoms. The van der Waals surface area contributed by atoms with Gasteiger partial charge in [-0.2, -0.15) is 0 Å². The highest BCUT2D eigenvalue weighted by Crippen LogP contribution is 2.19. The fraction of sp³-hybridized carbons (Fsp3) is 0. The van der Waals surface area contributed by atoms with Crippen molar-refractivity contribution in [3.05, 3.63) is 82.5 Å². The van der Waals surface area contributed by atoms with Gasteiger partial charge in [0.2, 0.25) is 0 Å². The number of ketones is 1. The number of rotatable bonds is 3. The number of fused-ring (bicyclic) bond motifs is 1. The van der Waals surface area contributed by atoms with Crippen LogP contribution in [-0.4, -0.2) is 10.8 Å². The van der Waals surface area contributed by atoms with Crippen molar-refractivity contribution < 1.29 is 4.79 Å². The normalized spacial score (nSPS) is 11.1. The zero-order valence-electron chi connectivity index (χ0n) is 11.2. The van der Waals surface area contributed by atoms with Crippen LogP contribution >= 0.6 is 15.9 Å². The van der Waals surface area contributed by atoms with Gasteiger partial charge in [0.1, 0.15) is 0 Å². The van der Waals surface area contributed by atoms with E-state index in [9.17, 15) is 4.79 Å². The minimum atomic E-state index is -0.0462. The number of allylic oxidation sites excluding steroid dienone is 1. The lowest BCUT2D eigenvalue weighted by Crippen LogP contribution is -1.97. The number of nitrogens with zero attached hydrogens (tertiary/aromatic N) is 1. The highest BCUT2D eigenvalue weighted by molar-refractivity contribution is 9.10. The fourth-order valence-corrected chi connectivity index (χ4v) is 2.59. The number of carbonyl (C=O) groups is 1. The largest absolute Gasteiger partial charge is 0.289 e. The summed E-state index contributed by atoms with van der Waals surface area (Å²) in [6.07, 6.45) is 5.11. The molecule has 0 atom stereocenters. The highest BCUT2D eigenvalue weighted by atomic mass is 79.9. The lowest BCUT2D eigenvalue weighted by Gasteiger charge is -2.02. The molecule has 0 N–H and O–H groups in total. The van der Waals surface area contributed by atoms with Gasteiger partial charge in [-0.3, -0.25) is 9.78 Å². The standard InChI is InChI=1S/C18H12BrNO/c19-16-9-2-1-5-13(16)10-11-17(21)15-8-3-6-14-7-4-12-20-18(14)15/h1-12H/b11-10+. The van der Waals surface area contributed by atoms with Crippen LogP contribution in [0.2, 0.25) is 0 Å². The first-order valence-electron chi connectivity index (χ1n) is 6.56. The predicted molar refractivity (Wildman–Crippen MR) is 89.2 cm³/mol. The van der Waals surface area contributed by atoms with Gasteiger partial charge in [-0.05, 0) is 35.9 Å². The van der Waals surface area contributed by atoms with Gasteiger partial charge in [-0.15, -0.1) is 0 Å². The van der Waals surface area contributed by atoms with Crippen LogP contribution in [0.15, 0.2) is 71.3 Å². The Kier molecular flexibility index (Phi) is 3.93. The first-order chi connectivity index (χ1) is 10.3. The van der Waals surface area contributed by atoms with E-state index in [4.69, 9.17) is 0 Å². The Balaban J connectivity index is 1.97. The summed E-state index contributed by atoms with van der Waals surface area (Å²) in [4.78, 5) is 16.7. The number of pyridine rings is 1. The van der Waals surface area contributed by atoms with E-state index < -0.39 is 0 Å². The van der Waals surface area contributed by atoms with Crippen molar-refractivity contribution in [3.8, 4) is 0 Å². The van der Waals surface area contributed by atoms with Gasteiger partial charge in [-0.1, -0.05) is 52.3 Å². The second-order valence-electron chi connectivity index (χ2n) is 4.60. The highest BCUT2D eigenvalue weighted by Gasteiger charge is 2.07. The molecule has 1 heterocycles. The van der Waals surface area contributed by atoms with Crippen molar-refractivity contribution in [2.75, 3.05) is 0 Å². The maximum absolute atomic E-state index is 12.4. The van der Waals surface area contributed by atoms with E-state index in [0.29, 0.717) is 5.56 Å². The van der Waals surface area contributed by atoms with Crippen molar-refractivity contribution in [3.63, 3.8) is 0 Å². The molecule has 1 aromatic heterocycles. The molecular weight excluding hydrogens is 326 g/mol. The molecule has 0 unspecified atom stereocenters. The Morgan fingerprint density at radius 2 is 1.81 bits per heavy atom. The van der Waals surface area contributed by atoms with Gasteiger partial charge in [0.05, 0.1) is 5.52 Å². The summed E-state index contributed by atoms with van der Waals surface area (Å²) < 4.78 is 0.963. The Labute approximate surface area is 131 Å². The molecule has 0 saturated carbocycles. The second-order valence-corrected chi connectivity index (χ2v) is 5.45. The molecule has 0 radical (unpaired) electrons. The number of carbonyl (C=O) groups excluding carboxylic acids is 1. The van der Waals surface area contributed by atoms with Crippen LogP contribution in [0.3, 0.4) is 0 Å². The van der Waals surface area contributed by atoms with Gasteiger partial charge in [0.25, 0.3) is 0 Å². The van der Waals surface area contributed by atoms with Gasteiger partial charge < -0.3 is 0 Å². The zero-order valence-corrected chi connectivity index (χ0v) is 12.7. The van der Waals surface area contributed by atoms with E-state index >= 15 is 0 Å². The van der Waals surface area contributed by atoms with E-state index in [-0.39, 0.29) is 5.78 Å². The molecule has 0 aliphatic heterocycles. The van der Waals surface area contributed by atoms with Crippen molar-refractivity contribution in [1.29, 1.82) is 0 Å². The molecule has 0 saturated heterocycles. The Morgan fingerprint density at radius 3 is 2.67 bits per heavy atom. The summed E-state index contributed by atoms with van der Waals surface area (Å²) >= 11 is 3.47. The smallest absolute Gasteiger partial charge is 0.188 e. The third-order valence-electron chi connectivity index (χ3n) is 3.22. The minimum Gasteiger partial charge on any atom is -0.289 e. The van der Waals surface area contributed by atoms with Gasteiger partial charge in [-0.25, -0.2) is 0 Å². The second kappa shape index (κ2) is 6.02. The summed E-state index contributed by atoms with van der Waals surface area (Å²) in [7, 11) is 0. The van der Waals surface area contributed by atoms with E-state index in [2.05, 4.69) is 20.9 Å². The first-order valence-corrected chi connectivity index (χ1v) is 7.36. The summed E-state index contributed by atoms with van der Waals surface area (Å²) in [6, 6.07) is 17.2. The molecular formula is C18H12BrNO. The lowest BCUT2D eigenvalue weighted by atomic mass is 10.0.